The number of halogens is 1. The molecule has 0 aromatic carbocycles. The second kappa shape index (κ2) is 12.9. The summed E-state index contributed by atoms with van der Waals surface area (Å²) in [5.74, 6) is -1.43. The minimum atomic E-state index is -4.21. The van der Waals surface area contributed by atoms with Crippen molar-refractivity contribution in [1.29, 1.82) is 0 Å². The highest BCUT2D eigenvalue weighted by Crippen LogP contribution is 2.45. The Balaban J connectivity index is 2.25. The Hall–Kier alpha value is -2.06. The van der Waals surface area contributed by atoms with Gasteiger partial charge in [0.05, 0.1) is 18.8 Å². The third kappa shape index (κ3) is 8.22. The average molecular weight is 583 g/mol. The quantitative estimate of drug-likeness (QED) is 0.154. The summed E-state index contributed by atoms with van der Waals surface area (Å²) in [6.45, 7) is 10.3. The van der Waals surface area contributed by atoms with Crippen LogP contribution in [0.1, 0.15) is 54.7 Å². The van der Waals surface area contributed by atoms with Crippen LogP contribution in [0, 0.1) is 0 Å². The summed E-state index contributed by atoms with van der Waals surface area (Å²) in [4.78, 5) is 48.9. The highest BCUT2D eigenvalue weighted by Gasteiger charge is 2.54. The lowest BCUT2D eigenvalue weighted by atomic mass is 10.0. The number of carbonyl (C=O) groups excluding carboxylic acids is 2. The molecular weight excluding hydrogens is 547 g/mol. The number of ether oxygens (including phenoxy) is 3. The highest BCUT2D eigenvalue weighted by molar-refractivity contribution is 7.54. The number of alkyl halides is 1. The van der Waals surface area contributed by atoms with E-state index in [4.69, 9.17) is 30.3 Å². The number of carbonyl (C=O) groups is 2. The van der Waals surface area contributed by atoms with E-state index in [0.717, 1.165) is 10.6 Å². The normalized spacial score (nSPS) is 25.4. The molecule has 1 aromatic rings. The van der Waals surface area contributed by atoms with Gasteiger partial charge in [-0.05, 0) is 48.5 Å². The van der Waals surface area contributed by atoms with Crippen molar-refractivity contribution in [3.63, 3.8) is 0 Å². The predicted octanol–water partition coefficient (Wildman–Crippen LogP) is 0.777. The van der Waals surface area contributed by atoms with E-state index in [9.17, 15) is 28.8 Å². The third-order valence-corrected chi connectivity index (χ3v) is 7.76. The van der Waals surface area contributed by atoms with Crippen molar-refractivity contribution >= 4 is 31.2 Å². The average Bonchev–Trinajstić information content (AvgIpc) is 3.00. The SMILES string of the molecule is CC(C)OC(=O)[C@@H](C)NP(=O)(N[C@H](C)C(=O)OC(C)C)OC[C@H]1O[C@@H](n2ccc(=O)[nH]c2=O)[C@](C)(Cl)[C@@H]1O. The maximum atomic E-state index is 13.8. The van der Waals surface area contributed by atoms with Gasteiger partial charge in [-0.2, -0.15) is 0 Å². The molecule has 0 saturated carbocycles. The molecule has 1 aliphatic heterocycles. The van der Waals surface area contributed by atoms with Gasteiger partial charge in [0.25, 0.3) is 5.56 Å². The fourth-order valence-electron chi connectivity index (χ4n) is 3.54. The second-order valence-corrected chi connectivity index (χ2v) is 12.4. The monoisotopic (exact) mass is 582 g/mol. The second-order valence-electron chi connectivity index (χ2n) is 9.66. The van der Waals surface area contributed by atoms with Gasteiger partial charge in [0.2, 0.25) is 0 Å². The summed E-state index contributed by atoms with van der Waals surface area (Å²) in [7, 11) is -4.21. The lowest BCUT2D eigenvalue weighted by Gasteiger charge is -2.28. The van der Waals surface area contributed by atoms with Gasteiger partial charge in [0.15, 0.2) is 6.23 Å². The first-order chi connectivity index (χ1) is 17.5. The Morgan fingerprint density at radius 2 is 1.63 bits per heavy atom. The number of H-pyrrole nitrogens is 1. The van der Waals surface area contributed by atoms with Gasteiger partial charge in [-0.3, -0.25) is 28.5 Å². The zero-order chi connectivity index (χ0) is 29.0. The maximum Gasteiger partial charge on any atom is 0.342 e. The number of hydrogen-bond donors (Lipinski definition) is 4. The van der Waals surface area contributed by atoms with Crippen LogP contribution in [-0.2, 0) is 32.9 Å². The van der Waals surface area contributed by atoms with Crippen molar-refractivity contribution in [2.75, 3.05) is 6.61 Å². The van der Waals surface area contributed by atoms with E-state index in [1.807, 2.05) is 0 Å². The summed E-state index contributed by atoms with van der Waals surface area (Å²) < 4.78 is 36.4. The van der Waals surface area contributed by atoms with Crippen LogP contribution in [0.5, 0.6) is 0 Å². The van der Waals surface area contributed by atoms with Crippen molar-refractivity contribution in [2.24, 2.45) is 0 Å². The van der Waals surface area contributed by atoms with Gasteiger partial charge in [-0.1, -0.05) is 0 Å². The van der Waals surface area contributed by atoms with Crippen LogP contribution in [0.25, 0.3) is 0 Å². The van der Waals surface area contributed by atoms with Crippen LogP contribution in [0.4, 0.5) is 0 Å². The molecule has 216 valence electrons. The molecule has 2 rings (SSSR count). The minimum Gasteiger partial charge on any atom is -0.462 e. The van der Waals surface area contributed by atoms with Gasteiger partial charge in [-0.25, -0.2) is 15.0 Å². The van der Waals surface area contributed by atoms with Crippen LogP contribution in [0.15, 0.2) is 21.9 Å². The number of aliphatic hydroxyl groups excluding tert-OH is 1. The van der Waals surface area contributed by atoms with Crippen molar-refractivity contribution in [3.05, 3.63) is 33.1 Å². The molecule has 2 heterocycles. The topological polar surface area (TPSA) is 187 Å². The summed E-state index contributed by atoms with van der Waals surface area (Å²) in [5, 5.41) is 15.9. The van der Waals surface area contributed by atoms with Crippen molar-refractivity contribution in [3.8, 4) is 0 Å². The summed E-state index contributed by atoms with van der Waals surface area (Å²) in [6.07, 6.45) is -3.55. The number of rotatable bonds is 12. The lowest BCUT2D eigenvalue weighted by molar-refractivity contribution is -0.149. The molecule has 1 fully saturated rings. The Bertz CT molecular complexity index is 1120. The molecule has 0 aliphatic carbocycles. The zero-order valence-corrected chi connectivity index (χ0v) is 23.9. The molecule has 0 bridgehead atoms. The fourth-order valence-corrected chi connectivity index (χ4v) is 5.64. The third-order valence-electron chi connectivity index (χ3n) is 5.38. The van der Waals surface area contributed by atoms with Gasteiger partial charge in [0, 0.05) is 12.3 Å². The molecule has 1 saturated heterocycles. The molecule has 1 aliphatic rings. The Morgan fingerprint density at radius 1 is 1.13 bits per heavy atom. The first-order valence-electron chi connectivity index (χ1n) is 12.0. The summed E-state index contributed by atoms with van der Waals surface area (Å²) in [5.41, 5.74) is -1.44. The van der Waals surface area contributed by atoms with Crippen LogP contribution in [0.2, 0.25) is 0 Å². The Labute approximate surface area is 224 Å². The molecule has 6 atom stereocenters. The first kappa shape index (κ1) is 32.2. The fraction of sp³-hybridized carbons (Fsp3) is 0.727. The maximum absolute atomic E-state index is 13.8. The standard InChI is InChI=1S/C22H36ClN4O10P/c1-11(2)35-18(30)13(5)25-38(33,26-14(6)19(31)36-12(3)4)34-10-15-17(29)22(7,23)20(37-15)27-9-8-16(28)24-21(27)32/h8-9,11-15,17,20,29H,10H2,1-7H3,(H,24,28,32)(H2,25,26,33)/t13-,14-,15-,17-,20-,22-/m1/s1. The van der Waals surface area contributed by atoms with E-state index in [-0.39, 0.29) is 0 Å². The zero-order valence-electron chi connectivity index (χ0n) is 22.3. The van der Waals surface area contributed by atoms with Crippen molar-refractivity contribution in [1.82, 2.24) is 19.7 Å². The minimum absolute atomic E-state index is 0.434. The number of aromatic nitrogens is 2. The van der Waals surface area contributed by atoms with Gasteiger partial charge in [0.1, 0.15) is 29.2 Å². The van der Waals surface area contributed by atoms with Crippen LogP contribution in [0.3, 0.4) is 0 Å². The molecule has 1 aromatic heterocycles. The molecule has 38 heavy (non-hydrogen) atoms. The number of aromatic amines is 1. The highest BCUT2D eigenvalue weighted by atomic mass is 35.5. The number of hydrogen-bond acceptors (Lipinski definition) is 10. The van der Waals surface area contributed by atoms with Crippen LogP contribution < -0.4 is 21.4 Å². The largest absolute Gasteiger partial charge is 0.462 e. The van der Waals surface area contributed by atoms with Crippen LogP contribution in [-0.4, -0.2) is 74.6 Å². The molecule has 0 amide bonds. The molecule has 0 unspecified atom stereocenters. The van der Waals surface area contributed by atoms with E-state index in [0.29, 0.717) is 0 Å². The van der Waals surface area contributed by atoms with Gasteiger partial charge < -0.3 is 23.8 Å². The number of esters is 2. The number of nitrogens with zero attached hydrogens (tertiary/aromatic N) is 1. The first-order valence-corrected chi connectivity index (χ1v) is 14.0. The molecular formula is C22H36ClN4O10P. The Kier molecular flexibility index (Phi) is 10.9. The van der Waals surface area contributed by atoms with Crippen molar-refractivity contribution in [2.45, 2.75) is 96.1 Å². The van der Waals surface area contributed by atoms with E-state index in [1.165, 1.54) is 27.0 Å². The summed E-state index contributed by atoms with van der Waals surface area (Å²) >= 11 is 6.52. The van der Waals surface area contributed by atoms with Crippen molar-refractivity contribution < 1.29 is 38.0 Å². The van der Waals surface area contributed by atoms with E-state index in [2.05, 4.69) is 15.2 Å². The number of aliphatic hydroxyl groups is 1. The molecule has 16 heteroatoms. The van der Waals surface area contributed by atoms with E-state index >= 15 is 0 Å². The Morgan fingerprint density at radius 3 is 2.08 bits per heavy atom. The predicted molar refractivity (Wildman–Crippen MR) is 137 cm³/mol. The number of nitrogens with one attached hydrogen (secondary N) is 3. The molecule has 0 radical (unpaired) electrons. The smallest absolute Gasteiger partial charge is 0.342 e. The van der Waals surface area contributed by atoms with E-state index < -0.39 is 85.1 Å². The lowest BCUT2D eigenvalue weighted by Crippen LogP contribution is -2.44. The summed E-state index contributed by atoms with van der Waals surface area (Å²) in [6, 6.07) is -1.15. The molecule has 14 nitrogen and oxygen atoms in total. The van der Waals surface area contributed by atoms with Gasteiger partial charge in [-0.15, -0.1) is 11.6 Å². The molecule has 0 spiro atoms. The van der Waals surface area contributed by atoms with Gasteiger partial charge >= 0.3 is 25.3 Å². The molecule has 4 N–H and O–H groups in total. The van der Waals surface area contributed by atoms with E-state index in [1.54, 1.807) is 27.7 Å². The van der Waals surface area contributed by atoms with Crippen LogP contribution >= 0.6 is 19.3 Å².